The van der Waals surface area contributed by atoms with Crippen molar-refractivity contribution in [3.05, 3.63) is 77.2 Å². The lowest BCUT2D eigenvalue weighted by atomic mass is 9.78. The Labute approximate surface area is 189 Å². The summed E-state index contributed by atoms with van der Waals surface area (Å²) in [6.45, 7) is 3.34. The summed E-state index contributed by atoms with van der Waals surface area (Å²) in [5.41, 5.74) is 3.92. The van der Waals surface area contributed by atoms with Crippen molar-refractivity contribution in [1.82, 2.24) is 5.32 Å². The van der Waals surface area contributed by atoms with E-state index in [2.05, 4.69) is 39.8 Å². The van der Waals surface area contributed by atoms with Gasteiger partial charge in [-0.15, -0.1) is 0 Å². The second kappa shape index (κ2) is 7.45. The van der Waals surface area contributed by atoms with Gasteiger partial charge in [0.05, 0.1) is 12.0 Å². The number of hydrogen-bond acceptors (Lipinski definition) is 5. The summed E-state index contributed by atoms with van der Waals surface area (Å²) < 4.78 is 50.3. The van der Waals surface area contributed by atoms with Crippen LogP contribution in [0, 0.1) is 0 Å². The number of fused-ring (bicyclic) bond motifs is 4. The van der Waals surface area contributed by atoms with Gasteiger partial charge in [0.15, 0.2) is 0 Å². The molecule has 0 bridgehead atoms. The minimum Gasteiger partial charge on any atom is -0.492 e. The lowest BCUT2D eigenvalue weighted by Gasteiger charge is -2.25. The Morgan fingerprint density at radius 1 is 1.09 bits per heavy atom. The van der Waals surface area contributed by atoms with E-state index in [9.17, 15) is 13.2 Å². The quantitative estimate of drug-likeness (QED) is 0.594. The summed E-state index contributed by atoms with van der Waals surface area (Å²) in [7, 11) is 0. The van der Waals surface area contributed by atoms with Gasteiger partial charge >= 0.3 is 6.18 Å². The molecule has 1 spiro atoms. The summed E-state index contributed by atoms with van der Waals surface area (Å²) in [4.78, 5) is 2.09. The van der Waals surface area contributed by atoms with Crippen LogP contribution in [-0.4, -0.2) is 32.3 Å². The summed E-state index contributed by atoms with van der Waals surface area (Å²) in [5, 5.41) is 6.93. The Morgan fingerprint density at radius 3 is 2.76 bits per heavy atom. The van der Waals surface area contributed by atoms with Gasteiger partial charge in [0.2, 0.25) is 5.76 Å². The third kappa shape index (κ3) is 3.44. The standard InChI is InChI=1S/C25H24F3N3O2/c26-25(27,28)23-8-6-18(33-23)13-31-14-24(19-3-1-2-4-21(19)31)15-32-22-11-16(5-7-20(22)24)30-17-9-10-29-12-17/h1-8,11,17,29-30H,9-10,12-15H2/t17-,24?/m1/s1. The van der Waals surface area contributed by atoms with E-state index in [1.807, 2.05) is 18.2 Å². The van der Waals surface area contributed by atoms with Crippen molar-refractivity contribution in [3.8, 4) is 5.75 Å². The van der Waals surface area contributed by atoms with E-state index in [1.54, 1.807) is 0 Å². The largest absolute Gasteiger partial charge is 0.492 e. The predicted molar refractivity (Wildman–Crippen MR) is 119 cm³/mol. The maximum absolute atomic E-state index is 13.0. The van der Waals surface area contributed by atoms with Crippen molar-refractivity contribution in [1.29, 1.82) is 0 Å². The van der Waals surface area contributed by atoms with Crippen LogP contribution >= 0.6 is 0 Å². The van der Waals surface area contributed by atoms with Gasteiger partial charge in [-0.3, -0.25) is 0 Å². The average molecular weight is 455 g/mol. The highest BCUT2D eigenvalue weighted by atomic mass is 19.4. The summed E-state index contributed by atoms with van der Waals surface area (Å²) in [6, 6.07) is 17.2. The van der Waals surface area contributed by atoms with Gasteiger partial charge in [0.1, 0.15) is 18.1 Å². The van der Waals surface area contributed by atoms with Crippen LogP contribution in [0.25, 0.3) is 0 Å². The van der Waals surface area contributed by atoms with Gasteiger partial charge in [-0.2, -0.15) is 13.2 Å². The van der Waals surface area contributed by atoms with Crippen LogP contribution in [-0.2, 0) is 18.1 Å². The number of benzene rings is 2. The van der Waals surface area contributed by atoms with Crippen LogP contribution in [0.1, 0.15) is 29.1 Å². The molecule has 4 heterocycles. The number of ether oxygens (including phenoxy) is 1. The number of alkyl halides is 3. The molecule has 5 nitrogen and oxygen atoms in total. The Bertz CT molecular complexity index is 1190. The van der Waals surface area contributed by atoms with E-state index in [1.165, 1.54) is 6.07 Å². The van der Waals surface area contributed by atoms with Gasteiger partial charge < -0.3 is 24.7 Å². The van der Waals surface area contributed by atoms with Crippen molar-refractivity contribution >= 4 is 11.4 Å². The third-order valence-electron chi connectivity index (χ3n) is 6.91. The second-order valence-electron chi connectivity index (χ2n) is 9.05. The van der Waals surface area contributed by atoms with Gasteiger partial charge in [-0.25, -0.2) is 0 Å². The van der Waals surface area contributed by atoms with Crippen molar-refractivity contribution in [2.24, 2.45) is 0 Å². The molecule has 0 radical (unpaired) electrons. The number of rotatable bonds is 4. The Morgan fingerprint density at radius 2 is 1.97 bits per heavy atom. The van der Waals surface area contributed by atoms with Crippen LogP contribution < -0.4 is 20.3 Å². The Balaban J connectivity index is 1.30. The molecule has 1 fully saturated rings. The maximum Gasteiger partial charge on any atom is 0.449 e. The van der Waals surface area contributed by atoms with Crippen LogP contribution in [0.5, 0.6) is 5.75 Å². The van der Waals surface area contributed by atoms with Crippen LogP contribution in [0.4, 0.5) is 24.5 Å². The highest BCUT2D eigenvalue weighted by Gasteiger charge is 2.49. The molecule has 33 heavy (non-hydrogen) atoms. The SMILES string of the molecule is FC(F)(F)c1ccc(CN2CC3(COc4cc(N[C@@H]5CCNC5)ccc43)c3ccccc32)o1. The first-order valence-corrected chi connectivity index (χ1v) is 11.2. The highest BCUT2D eigenvalue weighted by Crippen LogP contribution is 2.52. The van der Waals surface area contributed by atoms with Crippen molar-refractivity contribution in [2.45, 2.75) is 30.6 Å². The minimum absolute atomic E-state index is 0.262. The maximum atomic E-state index is 13.0. The van der Waals surface area contributed by atoms with E-state index in [4.69, 9.17) is 9.15 Å². The normalized spacial score (nSPS) is 23.6. The zero-order valence-corrected chi connectivity index (χ0v) is 17.9. The Kier molecular flexibility index (Phi) is 4.62. The summed E-state index contributed by atoms with van der Waals surface area (Å²) in [5.74, 6) is 0.185. The minimum atomic E-state index is -4.49. The topological polar surface area (TPSA) is 49.7 Å². The monoisotopic (exact) mass is 455 g/mol. The molecule has 0 amide bonds. The fourth-order valence-electron chi connectivity index (χ4n) is 5.37. The molecule has 172 valence electrons. The van der Waals surface area contributed by atoms with Gasteiger partial charge in [-0.05, 0) is 42.8 Å². The van der Waals surface area contributed by atoms with E-state index in [0.717, 1.165) is 53.8 Å². The molecule has 3 aliphatic rings. The van der Waals surface area contributed by atoms with Crippen molar-refractivity contribution in [2.75, 3.05) is 36.5 Å². The number of furan rings is 1. The fraction of sp³-hybridized carbons (Fsp3) is 0.360. The van der Waals surface area contributed by atoms with Crippen molar-refractivity contribution in [3.63, 3.8) is 0 Å². The molecular formula is C25H24F3N3O2. The molecule has 8 heteroatoms. The molecule has 1 saturated heterocycles. The predicted octanol–water partition coefficient (Wildman–Crippen LogP) is 4.77. The zero-order chi connectivity index (χ0) is 22.6. The molecule has 2 N–H and O–H groups in total. The highest BCUT2D eigenvalue weighted by molar-refractivity contribution is 5.70. The smallest absolute Gasteiger partial charge is 0.449 e. The van der Waals surface area contributed by atoms with Crippen LogP contribution in [0.2, 0.25) is 0 Å². The fourth-order valence-corrected chi connectivity index (χ4v) is 5.37. The number of nitrogens with zero attached hydrogens (tertiary/aromatic N) is 1. The van der Waals surface area contributed by atoms with Gasteiger partial charge in [0, 0.05) is 42.1 Å². The molecule has 3 aliphatic heterocycles. The molecule has 1 unspecified atom stereocenters. The average Bonchev–Trinajstić information content (AvgIpc) is 3.57. The number of anilines is 2. The van der Waals surface area contributed by atoms with Gasteiger partial charge in [0.25, 0.3) is 0 Å². The molecule has 6 rings (SSSR count). The first kappa shape index (κ1) is 20.5. The van der Waals surface area contributed by atoms with Gasteiger partial charge in [-0.1, -0.05) is 24.3 Å². The second-order valence-corrected chi connectivity index (χ2v) is 9.05. The molecule has 2 atom stereocenters. The van der Waals surface area contributed by atoms with E-state index in [0.29, 0.717) is 19.2 Å². The first-order chi connectivity index (χ1) is 15.9. The molecule has 3 aromatic rings. The van der Waals surface area contributed by atoms with Crippen LogP contribution in [0.15, 0.2) is 59.0 Å². The molecule has 2 aromatic carbocycles. The zero-order valence-electron chi connectivity index (χ0n) is 17.9. The van der Waals surface area contributed by atoms with Crippen molar-refractivity contribution < 1.29 is 22.3 Å². The number of hydrogen-bond donors (Lipinski definition) is 2. The lowest BCUT2D eigenvalue weighted by molar-refractivity contribution is -0.153. The van der Waals surface area contributed by atoms with E-state index >= 15 is 0 Å². The molecule has 0 aliphatic carbocycles. The first-order valence-electron chi connectivity index (χ1n) is 11.2. The summed E-state index contributed by atoms with van der Waals surface area (Å²) in [6.07, 6.45) is -3.39. The number of halogens is 3. The molecule has 0 saturated carbocycles. The van der Waals surface area contributed by atoms with E-state index < -0.39 is 11.9 Å². The molecule has 1 aromatic heterocycles. The van der Waals surface area contributed by atoms with E-state index in [-0.39, 0.29) is 17.7 Å². The third-order valence-corrected chi connectivity index (χ3v) is 6.91. The number of nitrogens with one attached hydrogen (secondary N) is 2. The summed E-state index contributed by atoms with van der Waals surface area (Å²) >= 11 is 0. The Hall–Kier alpha value is -3.13. The molecular weight excluding hydrogens is 431 g/mol. The lowest BCUT2D eigenvalue weighted by Crippen LogP contribution is -2.35. The van der Waals surface area contributed by atoms with Crippen LogP contribution in [0.3, 0.4) is 0 Å². The number of para-hydroxylation sites is 1.